The second-order valence-corrected chi connectivity index (χ2v) is 5.58. The number of aliphatic carboxylic acids is 1. The maximum Gasteiger partial charge on any atom is 0.318 e. The highest BCUT2D eigenvalue weighted by molar-refractivity contribution is 7.87. The molecule has 0 aromatic heterocycles. The number of hydrogen-bond acceptors (Lipinski definition) is 3. The fraction of sp³-hybridized carbons (Fsp3) is 0.875. The molecule has 0 radical (unpaired) electrons. The highest BCUT2D eigenvalue weighted by Gasteiger charge is 2.26. The van der Waals surface area contributed by atoms with Crippen LogP contribution in [0.4, 0.5) is 0 Å². The predicted molar refractivity (Wildman–Crippen MR) is 54.5 cm³/mol. The van der Waals surface area contributed by atoms with E-state index in [9.17, 15) is 13.2 Å². The Labute approximate surface area is 89.4 Å². The topological polar surface area (TPSA) is 86.7 Å². The standard InChI is InChI=1S/C8H16N2O4S/c1-7-3-2-4-10(6-7)15(13,14)9-5-8(11)12/h7,9H,2-6H2,1H3,(H,11,12). The largest absolute Gasteiger partial charge is 0.480 e. The molecule has 1 aliphatic heterocycles. The Morgan fingerprint density at radius 1 is 1.60 bits per heavy atom. The van der Waals surface area contributed by atoms with Crippen LogP contribution in [0.2, 0.25) is 0 Å². The van der Waals surface area contributed by atoms with Crippen molar-refractivity contribution in [2.75, 3.05) is 19.6 Å². The minimum atomic E-state index is -3.61. The summed E-state index contributed by atoms with van der Waals surface area (Å²) >= 11 is 0. The Balaban J connectivity index is 2.56. The summed E-state index contributed by atoms with van der Waals surface area (Å²) in [5.74, 6) is -0.844. The molecule has 1 saturated heterocycles. The van der Waals surface area contributed by atoms with Crippen LogP contribution in [0.25, 0.3) is 0 Å². The fourth-order valence-corrected chi connectivity index (χ4v) is 2.92. The summed E-state index contributed by atoms with van der Waals surface area (Å²) in [6.07, 6.45) is 1.85. The van der Waals surface area contributed by atoms with Gasteiger partial charge < -0.3 is 5.11 Å². The lowest BCUT2D eigenvalue weighted by molar-refractivity contribution is -0.135. The van der Waals surface area contributed by atoms with Crippen LogP contribution in [0.15, 0.2) is 0 Å². The molecule has 0 spiro atoms. The van der Waals surface area contributed by atoms with Gasteiger partial charge in [-0.2, -0.15) is 17.4 Å². The van der Waals surface area contributed by atoms with Gasteiger partial charge >= 0.3 is 5.97 Å². The second-order valence-electron chi connectivity index (χ2n) is 3.83. The molecule has 1 rings (SSSR count). The predicted octanol–water partition coefficient (Wildman–Crippen LogP) is -0.363. The van der Waals surface area contributed by atoms with E-state index < -0.39 is 22.7 Å². The molecule has 1 fully saturated rings. The molecule has 0 bridgehead atoms. The summed E-state index contributed by atoms with van der Waals surface area (Å²) in [5.41, 5.74) is 0. The van der Waals surface area contributed by atoms with E-state index in [4.69, 9.17) is 5.11 Å². The lowest BCUT2D eigenvalue weighted by Crippen LogP contribution is -2.46. The normalized spacial score (nSPS) is 23.9. The van der Waals surface area contributed by atoms with Crippen LogP contribution in [0.3, 0.4) is 0 Å². The van der Waals surface area contributed by atoms with E-state index in [2.05, 4.69) is 0 Å². The van der Waals surface area contributed by atoms with Gasteiger partial charge in [0.15, 0.2) is 0 Å². The Morgan fingerprint density at radius 2 is 2.27 bits per heavy atom. The highest BCUT2D eigenvalue weighted by Crippen LogP contribution is 2.17. The zero-order chi connectivity index (χ0) is 11.5. The number of nitrogens with zero attached hydrogens (tertiary/aromatic N) is 1. The molecule has 6 nitrogen and oxygen atoms in total. The van der Waals surface area contributed by atoms with Gasteiger partial charge in [-0.25, -0.2) is 0 Å². The third-order valence-electron chi connectivity index (χ3n) is 2.37. The zero-order valence-corrected chi connectivity index (χ0v) is 9.46. The molecule has 0 aromatic rings. The molecule has 1 aliphatic rings. The lowest BCUT2D eigenvalue weighted by atomic mass is 10.0. The number of carboxylic acids is 1. The summed E-state index contributed by atoms with van der Waals surface area (Å²) in [6.45, 7) is 2.36. The molecule has 0 aromatic carbocycles. The van der Waals surface area contributed by atoms with E-state index in [-0.39, 0.29) is 0 Å². The Hall–Kier alpha value is -0.660. The van der Waals surface area contributed by atoms with E-state index in [0.717, 1.165) is 12.8 Å². The quantitative estimate of drug-likeness (QED) is 0.697. The van der Waals surface area contributed by atoms with Crippen molar-refractivity contribution in [1.29, 1.82) is 0 Å². The van der Waals surface area contributed by atoms with E-state index >= 15 is 0 Å². The molecule has 7 heteroatoms. The van der Waals surface area contributed by atoms with Crippen LogP contribution in [-0.2, 0) is 15.0 Å². The van der Waals surface area contributed by atoms with E-state index in [1.54, 1.807) is 0 Å². The van der Waals surface area contributed by atoms with E-state index in [0.29, 0.717) is 19.0 Å². The maximum atomic E-state index is 11.6. The molecular weight excluding hydrogens is 220 g/mol. The number of piperidine rings is 1. The molecule has 88 valence electrons. The molecule has 1 heterocycles. The molecular formula is C8H16N2O4S. The number of rotatable bonds is 4. The molecule has 0 saturated carbocycles. The highest BCUT2D eigenvalue weighted by atomic mass is 32.2. The third-order valence-corrected chi connectivity index (χ3v) is 3.89. The summed E-state index contributed by atoms with van der Waals surface area (Å²) in [5, 5.41) is 8.38. The smallest absolute Gasteiger partial charge is 0.318 e. The van der Waals surface area contributed by atoms with Gasteiger partial charge in [0.25, 0.3) is 10.2 Å². The minimum Gasteiger partial charge on any atom is -0.480 e. The van der Waals surface area contributed by atoms with Crippen molar-refractivity contribution >= 4 is 16.2 Å². The average molecular weight is 236 g/mol. The first-order valence-corrected chi connectivity index (χ1v) is 6.32. The molecule has 1 atom stereocenters. The third kappa shape index (κ3) is 3.77. The van der Waals surface area contributed by atoms with Gasteiger partial charge in [0.1, 0.15) is 6.54 Å². The van der Waals surface area contributed by atoms with Crippen molar-refractivity contribution in [1.82, 2.24) is 9.03 Å². The van der Waals surface area contributed by atoms with Crippen LogP contribution >= 0.6 is 0 Å². The van der Waals surface area contributed by atoms with Crippen molar-refractivity contribution in [3.8, 4) is 0 Å². The van der Waals surface area contributed by atoms with Crippen LogP contribution < -0.4 is 4.72 Å². The zero-order valence-electron chi connectivity index (χ0n) is 8.64. The number of hydrogen-bond donors (Lipinski definition) is 2. The minimum absolute atomic E-state index is 0.333. The van der Waals surface area contributed by atoms with Gasteiger partial charge in [-0.05, 0) is 18.8 Å². The molecule has 2 N–H and O–H groups in total. The maximum absolute atomic E-state index is 11.6. The molecule has 15 heavy (non-hydrogen) atoms. The molecule has 1 unspecified atom stereocenters. The summed E-state index contributed by atoms with van der Waals surface area (Å²) in [7, 11) is -3.61. The Bertz CT molecular complexity index is 328. The van der Waals surface area contributed by atoms with Crippen LogP contribution in [0, 0.1) is 5.92 Å². The van der Waals surface area contributed by atoms with Crippen molar-refractivity contribution < 1.29 is 18.3 Å². The van der Waals surface area contributed by atoms with Crippen molar-refractivity contribution in [2.24, 2.45) is 5.92 Å². The molecule has 0 amide bonds. The van der Waals surface area contributed by atoms with Crippen LogP contribution in [0.1, 0.15) is 19.8 Å². The van der Waals surface area contributed by atoms with Gasteiger partial charge in [-0.1, -0.05) is 6.92 Å². The Morgan fingerprint density at radius 3 is 2.80 bits per heavy atom. The van der Waals surface area contributed by atoms with Crippen LogP contribution in [-0.4, -0.2) is 43.4 Å². The SMILES string of the molecule is CC1CCCN(S(=O)(=O)NCC(=O)O)C1. The second kappa shape index (κ2) is 4.91. The monoisotopic (exact) mass is 236 g/mol. The first-order valence-electron chi connectivity index (χ1n) is 4.88. The number of carboxylic acid groups (broad SMARTS) is 1. The average Bonchev–Trinajstić information content (AvgIpc) is 2.15. The first-order chi connectivity index (χ1) is 6.92. The van der Waals surface area contributed by atoms with Gasteiger partial charge in [-0.15, -0.1) is 0 Å². The number of nitrogens with one attached hydrogen (secondary N) is 1. The van der Waals surface area contributed by atoms with E-state index in [1.807, 2.05) is 11.6 Å². The first kappa shape index (κ1) is 12.4. The van der Waals surface area contributed by atoms with Crippen molar-refractivity contribution in [3.05, 3.63) is 0 Å². The van der Waals surface area contributed by atoms with Gasteiger partial charge in [0, 0.05) is 13.1 Å². The van der Waals surface area contributed by atoms with Crippen LogP contribution in [0.5, 0.6) is 0 Å². The fourth-order valence-electron chi connectivity index (χ4n) is 1.61. The van der Waals surface area contributed by atoms with Gasteiger partial charge in [0.2, 0.25) is 0 Å². The van der Waals surface area contributed by atoms with Gasteiger partial charge in [0.05, 0.1) is 0 Å². The molecule has 0 aliphatic carbocycles. The Kier molecular flexibility index (Phi) is 4.06. The van der Waals surface area contributed by atoms with Crippen molar-refractivity contribution in [3.63, 3.8) is 0 Å². The number of carbonyl (C=O) groups is 1. The lowest BCUT2D eigenvalue weighted by Gasteiger charge is -2.29. The van der Waals surface area contributed by atoms with Crippen molar-refractivity contribution in [2.45, 2.75) is 19.8 Å². The van der Waals surface area contributed by atoms with Gasteiger partial charge in [-0.3, -0.25) is 4.79 Å². The summed E-state index contributed by atoms with van der Waals surface area (Å²) in [4.78, 5) is 10.2. The summed E-state index contributed by atoms with van der Waals surface area (Å²) < 4.78 is 26.5. The summed E-state index contributed by atoms with van der Waals surface area (Å²) in [6, 6.07) is 0. The van der Waals surface area contributed by atoms with E-state index in [1.165, 1.54) is 4.31 Å².